The third-order valence-corrected chi connectivity index (χ3v) is 8.36. The number of hydrogen-bond acceptors (Lipinski definition) is 7. The predicted octanol–water partition coefficient (Wildman–Crippen LogP) is 1.33. The summed E-state index contributed by atoms with van der Waals surface area (Å²) in [4.78, 5) is 57.5. The van der Waals surface area contributed by atoms with E-state index in [0.717, 1.165) is 5.56 Å². The summed E-state index contributed by atoms with van der Waals surface area (Å²) in [6, 6.07) is 7.86. The quantitative estimate of drug-likeness (QED) is 0.418. The second-order valence-electron chi connectivity index (χ2n) is 11.0. The van der Waals surface area contributed by atoms with Crippen LogP contribution in [0.5, 0.6) is 0 Å². The van der Waals surface area contributed by atoms with Crippen LogP contribution < -0.4 is 5.32 Å². The number of aliphatic hydroxyl groups excluding tert-OH is 1. The van der Waals surface area contributed by atoms with Crippen molar-refractivity contribution < 1.29 is 33.8 Å². The Hall–Kier alpha value is -3.50. The molecule has 0 saturated carbocycles. The van der Waals surface area contributed by atoms with E-state index in [4.69, 9.17) is 9.47 Å². The van der Waals surface area contributed by atoms with Crippen LogP contribution >= 0.6 is 0 Å². The molecule has 0 unspecified atom stereocenters. The van der Waals surface area contributed by atoms with E-state index in [0.29, 0.717) is 12.8 Å². The highest BCUT2D eigenvalue weighted by atomic mass is 16.6. The second-order valence-corrected chi connectivity index (χ2v) is 11.0. The predicted molar refractivity (Wildman–Crippen MR) is 144 cm³/mol. The molecule has 1 aromatic rings. The minimum absolute atomic E-state index is 0.145. The summed E-state index contributed by atoms with van der Waals surface area (Å²) in [6.45, 7) is 3.89. The zero-order valence-corrected chi connectivity index (χ0v) is 22.9. The topological polar surface area (TPSA) is 125 Å². The average Bonchev–Trinajstić information content (AvgIpc) is 3.59. The minimum Gasteiger partial charge on any atom is -0.460 e. The molecule has 40 heavy (non-hydrogen) atoms. The monoisotopic (exact) mass is 551 g/mol. The van der Waals surface area contributed by atoms with Gasteiger partial charge in [0.05, 0.1) is 31.2 Å². The van der Waals surface area contributed by atoms with E-state index < -0.39 is 53.6 Å². The highest BCUT2D eigenvalue weighted by Gasteiger charge is 2.74. The largest absolute Gasteiger partial charge is 0.460 e. The lowest BCUT2D eigenvalue weighted by molar-refractivity contribution is -0.159. The maximum Gasteiger partial charge on any atom is 0.313 e. The zero-order chi connectivity index (χ0) is 28.4. The molecule has 1 spiro atoms. The van der Waals surface area contributed by atoms with Crippen molar-refractivity contribution in [2.75, 3.05) is 19.7 Å². The number of ether oxygens (including phenoxy) is 2. The summed E-state index contributed by atoms with van der Waals surface area (Å²) >= 11 is 0. The molecule has 2 N–H and O–H groups in total. The van der Waals surface area contributed by atoms with Gasteiger partial charge in [0, 0.05) is 19.5 Å². The molecule has 0 aliphatic carbocycles. The van der Waals surface area contributed by atoms with Gasteiger partial charge in [0.25, 0.3) is 0 Å². The Bertz CT molecular complexity index is 1200. The molecule has 2 fully saturated rings. The number of carbonyl (C=O) groups excluding carboxylic acids is 4. The van der Waals surface area contributed by atoms with E-state index >= 15 is 0 Å². The number of hydrogen-bond donors (Lipinski definition) is 2. The van der Waals surface area contributed by atoms with Crippen molar-refractivity contribution in [3.8, 4) is 0 Å². The van der Waals surface area contributed by atoms with E-state index in [1.807, 2.05) is 49.4 Å². The maximum atomic E-state index is 14.5. The van der Waals surface area contributed by atoms with Gasteiger partial charge in [-0.2, -0.15) is 0 Å². The fourth-order valence-electron chi connectivity index (χ4n) is 6.37. The van der Waals surface area contributed by atoms with Crippen LogP contribution in [0.4, 0.5) is 0 Å². The van der Waals surface area contributed by atoms with Crippen molar-refractivity contribution in [2.24, 2.45) is 11.8 Å². The van der Waals surface area contributed by atoms with Crippen molar-refractivity contribution in [1.82, 2.24) is 15.1 Å². The maximum absolute atomic E-state index is 14.5. The number of amides is 3. The lowest BCUT2D eigenvalue weighted by Crippen LogP contribution is -2.58. The number of carbonyl (C=O) groups is 4. The Morgan fingerprint density at radius 3 is 2.62 bits per heavy atom. The summed E-state index contributed by atoms with van der Waals surface area (Å²) in [7, 11) is 0. The van der Waals surface area contributed by atoms with Gasteiger partial charge < -0.3 is 29.7 Å². The number of esters is 1. The number of likely N-dealkylation sites (tertiary alicyclic amines) is 1. The molecule has 214 valence electrons. The van der Waals surface area contributed by atoms with Crippen molar-refractivity contribution in [2.45, 2.75) is 69.5 Å². The first-order valence-corrected chi connectivity index (χ1v) is 14.1. The lowest BCUT2D eigenvalue weighted by atomic mass is 9.74. The normalized spacial score (nSPS) is 34.0. The molecule has 4 aliphatic heterocycles. The van der Waals surface area contributed by atoms with Crippen LogP contribution in [-0.4, -0.2) is 88.2 Å². The highest BCUT2D eigenvalue weighted by Crippen LogP contribution is 2.56. The molecule has 3 amide bonds. The first-order valence-electron chi connectivity index (χ1n) is 14.1. The molecule has 5 rings (SSSR count). The van der Waals surface area contributed by atoms with Gasteiger partial charge in [-0.15, -0.1) is 0 Å². The Kier molecular flexibility index (Phi) is 8.09. The number of nitrogens with zero attached hydrogens (tertiary/aromatic N) is 2. The standard InChI is InChI=1S/C30H37N3O7/c1-3-21(18-34)33-26-28(37)32(17-20-10-6-4-7-11-20)15-9-5-8-12-23(35)31-16-19(2)39-29(38)24-22-13-14-30(26,40-22)25(24)27(33)36/h4-7,9-11,13-14,19,21-22,24-26,34H,3,8,12,15-18H2,1-2H3,(H,31,35)/b9-5-/t19-,21-,22+,24-,25-,26+,30-/m0/s1. The molecule has 10 nitrogen and oxygen atoms in total. The smallest absolute Gasteiger partial charge is 0.313 e. The van der Waals surface area contributed by atoms with E-state index in [9.17, 15) is 24.3 Å². The van der Waals surface area contributed by atoms with Crippen molar-refractivity contribution in [3.05, 3.63) is 60.2 Å². The minimum atomic E-state index is -1.35. The molecule has 0 radical (unpaired) electrons. The third kappa shape index (κ3) is 4.94. The van der Waals surface area contributed by atoms with Crippen LogP contribution in [0.2, 0.25) is 0 Å². The Morgan fingerprint density at radius 1 is 1.12 bits per heavy atom. The molecular weight excluding hydrogens is 514 g/mol. The number of fused-ring (bicyclic) bond motifs is 2. The number of benzene rings is 1. The van der Waals surface area contributed by atoms with Crippen LogP contribution in [0.15, 0.2) is 54.6 Å². The summed E-state index contributed by atoms with van der Waals surface area (Å²) in [5, 5.41) is 13.0. The van der Waals surface area contributed by atoms with E-state index in [-0.39, 0.29) is 44.5 Å². The van der Waals surface area contributed by atoms with E-state index in [1.54, 1.807) is 24.0 Å². The van der Waals surface area contributed by atoms with Gasteiger partial charge in [-0.25, -0.2) is 0 Å². The number of rotatable bonds is 5. The van der Waals surface area contributed by atoms with Gasteiger partial charge in [-0.1, -0.05) is 61.6 Å². The van der Waals surface area contributed by atoms with Crippen LogP contribution in [-0.2, 0) is 35.2 Å². The Labute approximate surface area is 234 Å². The van der Waals surface area contributed by atoms with Gasteiger partial charge in [-0.3, -0.25) is 19.2 Å². The van der Waals surface area contributed by atoms with Gasteiger partial charge >= 0.3 is 5.97 Å². The number of allylic oxidation sites excluding steroid dienone is 1. The van der Waals surface area contributed by atoms with E-state index in [1.165, 1.54) is 4.90 Å². The first-order chi connectivity index (χ1) is 19.3. The fraction of sp³-hybridized carbons (Fsp3) is 0.533. The van der Waals surface area contributed by atoms with Gasteiger partial charge in [0.1, 0.15) is 23.7 Å². The molecule has 10 heteroatoms. The number of cyclic esters (lactones) is 1. The van der Waals surface area contributed by atoms with Gasteiger partial charge in [0.15, 0.2) is 0 Å². The van der Waals surface area contributed by atoms with Crippen LogP contribution in [0.1, 0.15) is 38.7 Å². The average molecular weight is 552 g/mol. The molecule has 4 heterocycles. The summed E-state index contributed by atoms with van der Waals surface area (Å²) in [5.74, 6) is -3.40. The highest BCUT2D eigenvalue weighted by molar-refractivity contribution is 5.99. The number of nitrogens with one attached hydrogen (secondary N) is 1. The van der Waals surface area contributed by atoms with Gasteiger partial charge in [0.2, 0.25) is 17.7 Å². The van der Waals surface area contributed by atoms with Gasteiger partial charge in [-0.05, 0) is 25.3 Å². The van der Waals surface area contributed by atoms with Crippen molar-refractivity contribution in [3.63, 3.8) is 0 Å². The van der Waals surface area contributed by atoms with Crippen LogP contribution in [0.3, 0.4) is 0 Å². The first kappa shape index (κ1) is 28.0. The SMILES string of the molecule is CC[C@@H](CO)N1C(=O)[C@@H]2[C@H]3C(=O)O[C@@H](C)CNC(=O)CC/C=C\CN(Cc4ccccc4)C(=O)[C@@H]1[C@]21C=C[C@H]3O1. The molecule has 2 saturated heterocycles. The summed E-state index contributed by atoms with van der Waals surface area (Å²) in [6.07, 6.45) is 7.04. The molecule has 5 bridgehead atoms. The number of aliphatic hydroxyl groups is 1. The molecular formula is C30H37N3O7. The molecule has 0 aromatic heterocycles. The molecule has 7 atom stereocenters. The van der Waals surface area contributed by atoms with Crippen LogP contribution in [0, 0.1) is 11.8 Å². The summed E-state index contributed by atoms with van der Waals surface area (Å²) < 4.78 is 12.1. The Morgan fingerprint density at radius 2 is 1.90 bits per heavy atom. The van der Waals surface area contributed by atoms with Crippen molar-refractivity contribution in [1.29, 1.82) is 0 Å². The molecule has 4 aliphatic rings. The third-order valence-electron chi connectivity index (χ3n) is 8.36. The fourth-order valence-corrected chi connectivity index (χ4v) is 6.37. The van der Waals surface area contributed by atoms with Crippen molar-refractivity contribution >= 4 is 23.7 Å². The van der Waals surface area contributed by atoms with Crippen LogP contribution in [0.25, 0.3) is 0 Å². The lowest BCUT2D eigenvalue weighted by Gasteiger charge is -2.38. The second kappa shape index (κ2) is 11.5. The molecule has 1 aromatic carbocycles. The van der Waals surface area contributed by atoms with E-state index in [2.05, 4.69) is 5.32 Å². The Balaban J connectivity index is 1.58. The zero-order valence-electron chi connectivity index (χ0n) is 22.9. The summed E-state index contributed by atoms with van der Waals surface area (Å²) in [5.41, 5.74) is -0.439.